The molecule has 2 N–H and O–H groups in total. The van der Waals surface area contributed by atoms with Gasteiger partial charge in [0.15, 0.2) is 0 Å². The summed E-state index contributed by atoms with van der Waals surface area (Å²) in [5, 5.41) is 2.59. The van der Waals surface area contributed by atoms with Crippen molar-refractivity contribution < 1.29 is 17.9 Å². The zero-order valence-corrected chi connectivity index (χ0v) is 16.1. The number of methoxy groups -OCH3 is 1. The van der Waals surface area contributed by atoms with Gasteiger partial charge in [-0.05, 0) is 25.2 Å². The molecule has 0 aliphatic carbocycles. The summed E-state index contributed by atoms with van der Waals surface area (Å²) in [7, 11) is -2.20. The standard InChI is InChI=1S/C15H25N3O4S.ClH/c1-5-18(6-2)10-9-16-23(20,21)13-7-8-14(17-12(3)19)15(11-13)22-4;/h7-8,11,16H,5-6,9-10H2,1-4H3,(H,17,19);1H. The topological polar surface area (TPSA) is 87.7 Å². The Balaban J connectivity index is 0.00000529. The minimum absolute atomic E-state index is 0. The molecule has 0 atom stereocenters. The molecule has 0 radical (unpaired) electrons. The maximum absolute atomic E-state index is 12.3. The fraction of sp³-hybridized carbons (Fsp3) is 0.533. The second kappa shape index (κ2) is 10.5. The van der Waals surface area contributed by atoms with Crippen LogP contribution in [0.1, 0.15) is 20.8 Å². The van der Waals surface area contributed by atoms with Crippen LogP contribution in [0.25, 0.3) is 0 Å². The summed E-state index contributed by atoms with van der Waals surface area (Å²) < 4.78 is 32.4. The lowest BCUT2D eigenvalue weighted by Gasteiger charge is -2.18. The molecular weight excluding hydrogens is 354 g/mol. The number of likely N-dealkylation sites (N-methyl/N-ethyl adjacent to an activating group) is 1. The number of rotatable bonds is 9. The van der Waals surface area contributed by atoms with E-state index in [0.717, 1.165) is 13.1 Å². The van der Waals surface area contributed by atoms with E-state index in [2.05, 4.69) is 14.9 Å². The Bertz CT molecular complexity index is 634. The van der Waals surface area contributed by atoms with Crippen LogP contribution in [0.3, 0.4) is 0 Å². The van der Waals surface area contributed by atoms with Gasteiger partial charge in [0.1, 0.15) is 5.75 Å². The van der Waals surface area contributed by atoms with Crippen molar-refractivity contribution in [2.24, 2.45) is 0 Å². The SMILES string of the molecule is CCN(CC)CCNS(=O)(=O)c1ccc(NC(C)=O)c(OC)c1.Cl. The summed E-state index contributed by atoms with van der Waals surface area (Å²) in [5.41, 5.74) is 0.432. The highest BCUT2D eigenvalue weighted by Crippen LogP contribution is 2.27. The maximum Gasteiger partial charge on any atom is 0.240 e. The Labute approximate surface area is 150 Å². The molecule has 1 rings (SSSR count). The number of halogens is 1. The summed E-state index contributed by atoms with van der Waals surface area (Å²) in [6.45, 7) is 8.16. The van der Waals surface area contributed by atoms with Crippen molar-refractivity contribution in [1.29, 1.82) is 0 Å². The van der Waals surface area contributed by atoms with Crippen LogP contribution < -0.4 is 14.8 Å². The number of hydrogen-bond acceptors (Lipinski definition) is 5. The number of hydrogen-bond donors (Lipinski definition) is 2. The van der Waals surface area contributed by atoms with Gasteiger partial charge in [-0.25, -0.2) is 13.1 Å². The van der Waals surface area contributed by atoms with Crippen LogP contribution >= 0.6 is 12.4 Å². The summed E-state index contributed by atoms with van der Waals surface area (Å²) in [6.07, 6.45) is 0. The summed E-state index contributed by atoms with van der Waals surface area (Å²) in [4.78, 5) is 13.4. The first-order chi connectivity index (χ1) is 10.8. The number of benzene rings is 1. The molecule has 1 aromatic rings. The number of ether oxygens (including phenoxy) is 1. The highest BCUT2D eigenvalue weighted by Gasteiger charge is 2.17. The number of amides is 1. The molecule has 0 unspecified atom stereocenters. The third-order valence-corrected chi connectivity index (χ3v) is 4.87. The van der Waals surface area contributed by atoms with Gasteiger partial charge in [0.25, 0.3) is 0 Å². The van der Waals surface area contributed by atoms with E-state index in [0.29, 0.717) is 24.5 Å². The molecule has 9 heteroatoms. The Morgan fingerprint density at radius 1 is 1.25 bits per heavy atom. The Hall–Kier alpha value is -1.35. The molecule has 24 heavy (non-hydrogen) atoms. The molecule has 0 aliphatic heterocycles. The van der Waals surface area contributed by atoms with Crippen LogP contribution in [-0.4, -0.2) is 52.5 Å². The molecule has 0 fully saturated rings. The summed E-state index contributed by atoms with van der Waals surface area (Å²) in [5.74, 6) is 0.0445. The lowest BCUT2D eigenvalue weighted by molar-refractivity contribution is -0.114. The van der Waals surface area contributed by atoms with Gasteiger partial charge in [-0.1, -0.05) is 13.8 Å². The number of sulfonamides is 1. The number of carbonyl (C=O) groups is 1. The van der Waals surface area contributed by atoms with E-state index in [-0.39, 0.29) is 23.2 Å². The Kier molecular flexibility index (Phi) is 9.91. The first-order valence-corrected chi connectivity index (χ1v) is 9.00. The van der Waals surface area contributed by atoms with E-state index in [4.69, 9.17) is 4.74 Å². The minimum Gasteiger partial charge on any atom is -0.495 e. The highest BCUT2D eigenvalue weighted by atomic mass is 35.5. The van der Waals surface area contributed by atoms with Gasteiger partial charge in [-0.3, -0.25) is 4.79 Å². The normalized spacial score (nSPS) is 11.0. The molecule has 7 nitrogen and oxygen atoms in total. The second-order valence-electron chi connectivity index (χ2n) is 4.97. The number of nitrogens with one attached hydrogen (secondary N) is 2. The number of nitrogens with zero attached hydrogens (tertiary/aromatic N) is 1. The highest BCUT2D eigenvalue weighted by molar-refractivity contribution is 7.89. The van der Waals surface area contributed by atoms with Gasteiger partial charge in [-0.2, -0.15) is 0 Å². The van der Waals surface area contributed by atoms with Crippen LogP contribution in [0.2, 0.25) is 0 Å². The second-order valence-corrected chi connectivity index (χ2v) is 6.73. The average molecular weight is 380 g/mol. The van der Waals surface area contributed by atoms with Gasteiger partial charge in [0, 0.05) is 26.1 Å². The van der Waals surface area contributed by atoms with Crippen molar-refractivity contribution in [2.45, 2.75) is 25.7 Å². The largest absolute Gasteiger partial charge is 0.495 e. The smallest absolute Gasteiger partial charge is 0.240 e. The lowest BCUT2D eigenvalue weighted by Crippen LogP contribution is -2.34. The molecule has 1 aromatic carbocycles. The van der Waals surface area contributed by atoms with Crippen LogP contribution in [0.4, 0.5) is 5.69 Å². The molecule has 0 saturated heterocycles. The predicted octanol–water partition coefficient (Wildman–Crippen LogP) is 1.70. The van der Waals surface area contributed by atoms with Crippen LogP contribution in [-0.2, 0) is 14.8 Å². The van der Waals surface area contributed by atoms with E-state index in [1.54, 1.807) is 0 Å². The monoisotopic (exact) mass is 379 g/mol. The third-order valence-electron chi connectivity index (χ3n) is 3.41. The van der Waals surface area contributed by atoms with Crippen molar-refractivity contribution in [3.63, 3.8) is 0 Å². The first-order valence-electron chi connectivity index (χ1n) is 7.51. The zero-order valence-electron chi connectivity index (χ0n) is 14.5. The molecule has 1 amide bonds. The Morgan fingerprint density at radius 3 is 2.38 bits per heavy atom. The summed E-state index contributed by atoms with van der Waals surface area (Å²) in [6, 6.07) is 4.34. The van der Waals surface area contributed by atoms with Gasteiger partial charge >= 0.3 is 0 Å². The van der Waals surface area contributed by atoms with Gasteiger partial charge < -0.3 is 15.0 Å². The van der Waals surface area contributed by atoms with Crippen LogP contribution in [0.15, 0.2) is 23.1 Å². The number of anilines is 1. The molecule has 0 bridgehead atoms. The molecule has 0 saturated carbocycles. The van der Waals surface area contributed by atoms with E-state index in [9.17, 15) is 13.2 Å². The molecule has 0 spiro atoms. The van der Waals surface area contributed by atoms with Crippen molar-refractivity contribution >= 4 is 34.0 Å². The first kappa shape index (κ1) is 22.6. The van der Waals surface area contributed by atoms with E-state index >= 15 is 0 Å². The summed E-state index contributed by atoms with van der Waals surface area (Å²) >= 11 is 0. The number of carbonyl (C=O) groups excluding carboxylic acids is 1. The van der Waals surface area contributed by atoms with Crippen molar-refractivity contribution in [2.75, 3.05) is 38.6 Å². The van der Waals surface area contributed by atoms with Crippen molar-refractivity contribution in [3.8, 4) is 5.75 Å². The van der Waals surface area contributed by atoms with Gasteiger partial charge in [0.2, 0.25) is 15.9 Å². The van der Waals surface area contributed by atoms with E-state index < -0.39 is 10.0 Å². The fourth-order valence-electron chi connectivity index (χ4n) is 2.09. The maximum atomic E-state index is 12.3. The lowest BCUT2D eigenvalue weighted by atomic mass is 10.3. The minimum atomic E-state index is -3.62. The molecular formula is C15H26ClN3O4S. The van der Waals surface area contributed by atoms with Crippen LogP contribution in [0.5, 0.6) is 5.75 Å². The fourth-order valence-corrected chi connectivity index (χ4v) is 3.13. The third kappa shape index (κ3) is 6.64. The van der Waals surface area contributed by atoms with E-state index in [1.165, 1.54) is 32.2 Å². The molecule has 0 aliphatic rings. The molecule has 138 valence electrons. The molecule has 0 aromatic heterocycles. The van der Waals surface area contributed by atoms with Crippen molar-refractivity contribution in [1.82, 2.24) is 9.62 Å². The quantitative estimate of drug-likeness (QED) is 0.681. The predicted molar refractivity (Wildman–Crippen MR) is 97.5 cm³/mol. The zero-order chi connectivity index (χ0) is 17.5. The van der Waals surface area contributed by atoms with Crippen molar-refractivity contribution in [3.05, 3.63) is 18.2 Å². The van der Waals surface area contributed by atoms with Gasteiger partial charge in [-0.15, -0.1) is 12.4 Å². The van der Waals surface area contributed by atoms with Gasteiger partial charge in [0.05, 0.1) is 17.7 Å². The molecule has 0 heterocycles. The van der Waals surface area contributed by atoms with Crippen LogP contribution in [0, 0.1) is 0 Å². The van der Waals surface area contributed by atoms with E-state index in [1.807, 2.05) is 13.8 Å². The average Bonchev–Trinajstić information content (AvgIpc) is 2.51. The Morgan fingerprint density at radius 2 is 1.88 bits per heavy atom.